The van der Waals surface area contributed by atoms with Crippen LogP contribution in [0.2, 0.25) is 0 Å². The molecular weight excluding hydrogens is 248 g/mol. The van der Waals surface area contributed by atoms with Crippen LogP contribution in [0.25, 0.3) is 0 Å². The fourth-order valence-corrected chi connectivity index (χ4v) is 1.61. The highest BCUT2D eigenvalue weighted by molar-refractivity contribution is 5.73. The molecule has 0 heterocycles. The van der Waals surface area contributed by atoms with Crippen molar-refractivity contribution in [2.24, 2.45) is 5.73 Å². The number of hydrogen-bond acceptors (Lipinski definition) is 4. The van der Waals surface area contributed by atoms with Gasteiger partial charge in [0.25, 0.3) is 0 Å². The van der Waals surface area contributed by atoms with Crippen LogP contribution in [0.15, 0.2) is 23.8 Å². The van der Waals surface area contributed by atoms with Crippen LogP contribution < -0.4 is 11.1 Å². The number of amides is 1. The largest absolute Gasteiger partial charge is 0.480 e. The van der Waals surface area contributed by atoms with Crippen LogP contribution in [0.5, 0.6) is 0 Å². The van der Waals surface area contributed by atoms with Gasteiger partial charge in [-0.15, -0.1) is 0 Å². The summed E-state index contributed by atoms with van der Waals surface area (Å²) in [5, 5.41) is 11.1. The third-order valence-electron chi connectivity index (χ3n) is 2.72. The quantitative estimate of drug-likeness (QED) is 0.602. The predicted molar refractivity (Wildman–Crippen MR) is 70.7 cm³/mol. The van der Waals surface area contributed by atoms with Crippen molar-refractivity contribution < 1.29 is 19.4 Å². The maximum absolute atomic E-state index is 11.3. The molecule has 0 aromatic rings. The van der Waals surface area contributed by atoms with Crippen molar-refractivity contribution in [1.82, 2.24) is 5.32 Å². The molecule has 106 valence electrons. The van der Waals surface area contributed by atoms with Gasteiger partial charge in [-0.3, -0.25) is 4.79 Å². The maximum Gasteiger partial charge on any atom is 0.407 e. The number of ether oxygens (including phenoxy) is 1. The zero-order chi connectivity index (χ0) is 14.1. The molecule has 0 fully saturated rings. The topological polar surface area (TPSA) is 102 Å². The number of carboxylic acid groups (broad SMARTS) is 1. The number of alkyl carbamates (subject to hydrolysis) is 1. The van der Waals surface area contributed by atoms with Crippen LogP contribution in [0, 0.1) is 0 Å². The van der Waals surface area contributed by atoms with Crippen molar-refractivity contribution in [3.8, 4) is 0 Å². The van der Waals surface area contributed by atoms with E-state index in [9.17, 15) is 9.59 Å². The van der Waals surface area contributed by atoms with Crippen molar-refractivity contribution in [2.45, 2.75) is 31.7 Å². The first-order chi connectivity index (χ1) is 9.09. The van der Waals surface area contributed by atoms with E-state index >= 15 is 0 Å². The summed E-state index contributed by atoms with van der Waals surface area (Å²) in [6.45, 7) is 0.617. The van der Waals surface area contributed by atoms with Crippen LogP contribution in [-0.2, 0) is 9.53 Å². The minimum absolute atomic E-state index is 0.261. The maximum atomic E-state index is 11.3. The number of allylic oxidation sites excluding steroid dienone is 2. The average Bonchev–Trinajstić information content (AvgIpc) is 2.42. The standard InChI is InChI=1S/C13H20N2O4/c14-11(12(16)17)7-4-8-15-13(18)19-9-10-5-2-1-3-6-10/h2,5-6,11H,1,3-4,7-9,14H2,(H,15,18)(H,16,17). The SMILES string of the molecule is NC(CCCNC(=O)OCC1=CCCC=C1)C(=O)O. The Morgan fingerprint density at radius 3 is 2.89 bits per heavy atom. The summed E-state index contributed by atoms with van der Waals surface area (Å²) in [5.41, 5.74) is 6.33. The molecule has 0 radical (unpaired) electrons. The number of carboxylic acids is 1. The lowest BCUT2D eigenvalue weighted by molar-refractivity contribution is -0.138. The van der Waals surface area contributed by atoms with Crippen molar-refractivity contribution in [1.29, 1.82) is 0 Å². The zero-order valence-corrected chi connectivity index (χ0v) is 10.8. The molecular formula is C13H20N2O4. The molecule has 0 aromatic carbocycles. The Morgan fingerprint density at radius 1 is 1.47 bits per heavy atom. The summed E-state index contributed by atoms with van der Waals surface area (Å²) < 4.78 is 5.02. The van der Waals surface area contributed by atoms with Gasteiger partial charge in [-0.2, -0.15) is 0 Å². The summed E-state index contributed by atoms with van der Waals surface area (Å²) in [6, 6.07) is -0.879. The lowest BCUT2D eigenvalue weighted by Crippen LogP contribution is -2.32. The number of carbonyl (C=O) groups excluding carboxylic acids is 1. The summed E-state index contributed by atoms with van der Waals surface area (Å²) in [4.78, 5) is 21.8. The molecule has 1 amide bonds. The van der Waals surface area contributed by atoms with Gasteiger partial charge in [0, 0.05) is 6.54 Å². The van der Waals surface area contributed by atoms with Crippen LogP contribution in [0.3, 0.4) is 0 Å². The molecule has 0 aliphatic heterocycles. The molecule has 1 rings (SSSR count). The van der Waals surface area contributed by atoms with Gasteiger partial charge in [-0.25, -0.2) is 4.79 Å². The number of nitrogens with two attached hydrogens (primary N) is 1. The van der Waals surface area contributed by atoms with E-state index in [4.69, 9.17) is 15.6 Å². The molecule has 6 heteroatoms. The fourth-order valence-electron chi connectivity index (χ4n) is 1.61. The van der Waals surface area contributed by atoms with Crippen LogP contribution in [0.1, 0.15) is 25.7 Å². The van der Waals surface area contributed by atoms with E-state index in [-0.39, 0.29) is 6.61 Å². The Bertz CT molecular complexity index is 377. The third kappa shape index (κ3) is 6.61. The average molecular weight is 268 g/mol. The van der Waals surface area contributed by atoms with E-state index in [0.717, 1.165) is 18.4 Å². The van der Waals surface area contributed by atoms with E-state index in [1.807, 2.05) is 18.2 Å². The second kappa shape index (κ2) is 8.31. The van der Waals surface area contributed by atoms with Gasteiger partial charge in [0.2, 0.25) is 0 Å². The Balaban J connectivity index is 2.06. The highest BCUT2D eigenvalue weighted by Gasteiger charge is 2.10. The number of nitrogens with one attached hydrogen (secondary N) is 1. The highest BCUT2D eigenvalue weighted by Crippen LogP contribution is 2.09. The summed E-state index contributed by atoms with van der Waals surface area (Å²) in [7, 11) is 0. The lowest BCUT2D eigenvalue weighted by Gasteiger charge is -2.10. The summed E-state index contributed by atoms with van der Waals surface area (Å²) in [5.74, 6) is -1.03. The molecule has 1 atom stereocenters. The van der Waals surface area contributed by atoms with Crippen LogP contribution in [0.4, 0.5) is 4.79 Å². The van der Waals surface area contributed by atoms with E-state index in [0.29, 0.717) is 19.4 Å². The zero-order valence-electron chi connectivity index (χ0n) is 10.8. The first kappa shape index (κ1) is 15.2. The second-order valence-corrected chi connectivity index (χ2v) is 4.35. The van der Waals surface area contributed by atoms with E-state index in [2.05, 4.69) is 5.32 Å². The molecule has 4 N–H and O–H groups in total. The predicted octanol–water partition coefficient (Wildman–Crippen LogP) is 1.18. The molecule has 1 aliphatic carbocycles. The Kier molecular flexibility index (Phi) is 6.67. The number of hydrogen-bond donors (Lipinski definition) is 3. The number of rotatable bonds is 7. The van der Waals surface area contributed by atoms with Gasteiger partial charge in [0.15, 0.2) is 0 Å². The first-order valence-electron chi connectivity index (χ1n) is 6.34. The van der Waals surface area contributed by atoms with E-state index in [1.54, 1.807) is 0 Å². The molecule has 0 aromatic heterocycles. The monoisotopic (exact) mass is 268 g/mol. The van der Waals surface area contributed by atoms with Crippen LogP contribution >= 0.6 is 0 Å². The van der Waals surface area contributed by atoms with Gasteiger partial charge in [-0.1, -0.05) is 18.2 Å². The van der Waals surface area contributed by atoms with Gasteiger partial charge >= 0.3 is 12.1 Å². The Hall–Kier alpha value is -1.82. The molecule has 0 bridgehead atoms. The van der Waals surface area contributed by atoms with Gasteiger partial charge in [-0.05, 0) is 31.3 Å². The van der Waals surface area contributed by atoms with Crippen molar-refractivity contribution in [3.05, 3.63) is 23.8 Å². The molecule has 0 spiro atoms. The first-order valence-corrected chi connectivity index (χ1v) is 6.34. The normalized spacial score (nSPS) is 15.5. The lowest BCUT2D eigenvalue weighted by atomic mass is 10.1. The molecule has 0 saturated carbocycles. The van der Waals surface area contributed by atoms with E-state index < -0.39 is 18.1 Å². The molecule has 1 aliphatic rings. The van der Waals surface area contributed by atoms with Gasteiger partial charge in [0.05, 0.1) is 0 Å². The fraction of sp³-hybridized carbons (Fsp3) is 0.538. The Morgan fingerprint density at radius 2 is 2.26 bits per heavy atom. The highest BCUT2D eigenvalue weighted by atomic mass is 16.5. The summed E-state index contributed by atoms with van der Waals surface area (Å²) >= 11 is 0. The second-order valence-electron chi connectivity index (χ2n) is 4.35. The minimum atomic E-state index is -1.03. The van der Waals surface area contributed by atoms with Crippen molar-refractivity contribution in [3.63, 3.8) is 0 Å². The smallest absolute Gasteiger partial charge is 0.407 e. The molecule has 6 nitrogen and oxygen atoms in total. The van der Waals surface area contributed by atoms with Gasteiger partial charge in [0.1, 0.15) is 12.6 Å². The van der Waals surface area contributed by atoms with E-state index in [1.165, 1.54) is 0 Å². The van der Waals surface area contributed by atoms with Crippen LogP contribution in [-0.4, -0.2) is 36.4 Å². The number of carbonyl (C=O) groups is 2. The Labute approximate surface area is 112 Å². The molecule has 1 unspecified atom stereocenters. The molecule has 0 saturated heterocycles. The van der Waals surface area contributed by atoms with Gasteiger partial charge < -0.3 is 20.9 Å². The number of aliphatic carboxylic acids is 1. The summed E-state index contributed by atoms with van der Waals surface area (Å²) in [6.07, 6.45) is 8.37. The molecule has 19 heavy (non-hydrogen) atoms. The van der Waals surface area contributed by atoms with Crippen molar-refractivity contribution in [2.75, 3.05) is 13.2 Å². The minimum Gasteiger partial charge on any atom is -0.480 e. The van der Waals surface area contributed by atoms with Crippen molar-refractivity contribution >= 4 is 12.1 Å². The third-order valence-corrected chi connectivity index (χ3v) is 2.72.